The number of hydrogen-bond acceptors (Lipinski definition) is 8. The van der Waals surface area contributed by atoms with E-state index in [1.165, 1.54) is 30.6 Å². The summed E-state index contributed by atoms with van der Waals surface area (Å²) in [6, 6.07) is 5.19. The van der Waals surface area contributed by atoms with Gasteiger partial charge in [0.1, 0.15) is 5.69 Å². The van der Waals surface area contributed by atoms with Crippen LogP contribution in [0.2, 0.25) is 5.02 Å². The second-order valence-corrected chi connectivity index (χ2v) is 9.05. The first-order valence-corrected chi connectivity index (χ1v) is 11.7. The molecule has 1 fully saturated rings. The van der Waals surface area contributed by atoms with Crippen LogP contribution in [0.25, 0.3) is 16.9 Å². The minimum atomic E-state index is -2.87. The molecule has 4 aromatic rings. The van der Waals surface area contributed by atoms with Crippen LogP contribution in [-0.2, 0) is 0 Å². The Hall–Kier alpha value is -4.08. The molecule has 1 saturated carbocycles. The number of amides is 1. The minimum absolute atomic E-state index is 0.00291. The molecular formula is C23H14ClF2N7O2S. The van der Waals surface area contributed by atoms with Gasteiger partial charge in [-0.2, -0.15) is 9.78 Å². The van der Waals surface area contributed by atoms with E-state index in [1.54, 1.807) is 0 Å². The summed E-state index contributed by atoms with van der Waals surface area (Å²) < 4.78 is 27.8. The smallest absolute Gasteiger partial charge is 0.280 e. The van der Waals surface area contributed by atoms with E-state index in [2.05, 4.69) is 42.4 Å². The second-order valence-electron chi connectivity index (χ2n) is 7.66. The molecule has 0 saturated heterocycles. The van der Waals surface area contributed by atoms with E-state index in [9.17, 15) is 18.4 Å². The zero-order valence-electron chi connectivity index (χ0n) is 18.2. The van der Waals surface area contributed by atoms with Crippen LogP contribution in [0, 0.1) is 17.8 Å². The number of carbonyl (C=O) groups excluding carboxylic acids is 1. The molecule has 1 aliphatic rings. The number of aromatic nitrogens is 6. The van der Waals surface area contributed by atoms with Crippen molar-refractivity contribution in [3.63, 3.8) is 0 Å². The lowest BCUT2D eigenvalue weighted by molar-refractivity contribution is 0.102. The SMILES string of the molecule is O=C(Nc1nnc(C#CC2CC2)s1)c1cnc(-n2ncccc2=O)cc1-c1cc(C(F)F)ncc1Cl. The van der Waals surface area contributed by atoms with Crippen LogP contribution in [-0.4, -0.2) is 35.9 Å². The predicted octanol–water partition coefficient (Wildman–Crippen LogP) is 4.15. The van der Waals surface area contributed by atoms with Crippen molar-refractivity contribution in [2.75, 3.05) is 5.32 Å². The Morgan fingerprint density at radius 3 is 2.78 bits per heavy atom. The molecule has 13 heteroatoms. The number of anilines is 1. The Morgan fingerprint density at radius 1 is 1.19 bits per heavy atom. The number of hydrogen-bond donors (Lipinski definition) is 1. The summed E-state index contributed by atoms with van der Waals surface area (Å²) in [5.74, 6) is 5.81. The van der Waals surface area contributed by atoms with E-state index in [4.69, 9.17) is 11.6 Å². The summed E-state index contributed by atoms with van der Waals surface area (Å²) in [4.78, 5) is 33.3. The van der Waals surface area contributed by atoms with Crippen LogP contribution in [0.4, 0.5) is 13.9 Å². The van der Waals surface area contributed by atoms with Gasteiger partial charge in [-0.1, -0.05) is 28.9 Å². The number of alkyl halides is 2. The molecule has 1 aliphatic carbocycles. The van der Waals surface area contributed by atoms with Gasteiger partial charge in [-0.05, 0) is 37.0 Å². The quantitative estimate of drug-likeness (QED) is 0.389. The molecule has 1 N–H and O–H groups in total. The van der Waals surface area contributed by atoms with Gasteiger partial charge in [0.25, 0.3) is 17.9 Å². The van der Waals surface area contributed by atoms with Crippen LogP contribution >= 0.6 is 22.9 Å². The molecule has 0 unspecified atom stereocenters. The summed E-state index contributed by atoms with van der Waals surface area (Å²) >= 11 is 7.39. The van der Waals surface area contributed by atoms with Crippen molar-refractivity contribution < 1.29 is 13.6 Å². The lowest BCUT2D eigenvalue weighted by Crippen LogP contribution is -2.21. The Morgan fingerprint density at radius 2 is 2.03 bits per heavy atom. The van der Waals surface area contributed by atoms with E-state index in [0.29, 0.717) is 10.9 Å². The van der Waals surface area contributed by atoms with Crippen molar-refractivity contribution in [2.45, 2.75) is 19.3 Å². The Balaban J connectivity index is 1.56. The Bertz CT molecular complexity index is 1590. The maximum Gasteiger partial charge on any atom is 0.280 e. The van der Waals surface area contributed by atoms with Crippen LogP contribution in [0.3, 0.4) is 0 Å². The molecule has 0 bridgehead atoms. The van der Waals surface area contributed by atoms with Crippen molar-refractivity contribution in [3.8, 4) is 28.8 Å². The van der Waals surface area contributed by atoms with Crippen LogP contribution < -0.4 is 10.9 Å². The zero-order valence-corrected chi connectivity index (χ0v) is 19.7. The van der Waals surface area contributed by atoms with Crippen LogP contribution in [0.5, 0.6) is 0 Å². The third kappa shape index (κ3) is 5.12. The third-order valence-corrected chi connectivity index (χ3v) is 6.12. The molecule has 36 heavy (non-hydrogen) atoms. The van der Waals surface area contributed by atoms with E-state index >= 15 is 0 Å². The summed E-state index contributed by atoms with van der Waals surface area (Å²) in [6.07, 6.45) is 2.93. The fraction of sp³-hybridized carbons (Fsp3) is 0.174. The van der Waals surface area contributed by atoms with E-state index < -0.39 is 23.6 Å². The van der Waals surface area contributed by atoms with Crippen molar-refractivity contribution in [1.82, 2.24) is 29.9 Å². The molecule has 0 spiro atoms. The first-order chi connectivity index (χ1) is 17.4. The molecule has 0 aliphatic heterocycles. The molecule has 0 atom stereocenters. The number of pyridine rings is 2. The molecule has 0 aromatic carbocycles. The highest BCUT2D eigenvalue weighted by molar-refractivity contribution is 7.15. The van der Waals surface area contributed by atoms with E-state index in [0.717, 1.165) is 41.1 Å². The van der Waals surface area contributed by atoms with Crippen LogP contribution in [0.15, 0.2) is 47.7 Å². The van der Waals surface area contributed by atoms with Gasteiger partial charge in [0.15, 0.2) is 10.8 Å². The normalized spacial score (nSPS) is 12.8. The lowest BCUT2D eigenvalue weighted by Gasteiger charge is -2.13. The van der Waals surface area contributed by atoms with Crippen molar-refractivity contribution in [1.29, 1.82) is 0 Å². The standard InChI is InChI=1S/C23H14ClF2N7O2S/c24-16-11-27-17(21(25)26)8-14(16)13-9-18(33-20(34)2-1-7-29-33)28-10-15(13)22(35)30-23-32-31-19(36-23)6-5-12-3-4-12/h1-2,7-12,21H,3-4H2,(H,30,32,35). The van der Waals surface area contributed by atoms with Crippen molar-refractivity contribution in [2.24, 2.45) is 5.92 Å². The highest BCUT2D eigenvalue weighted by Crippen LogP contribution is 2.34. The topological polar surface area (TPSA) is 116 Å². The van der Waals surface area contributed by atoms with E-state index in [1.807, 2.05) is 0 Å². The number of halogens is 3. The monoisotopic (exact) mass is 525 g/mol. The maximum absolute atomic E-state index is 13.4. The summed E-state index contributed by atoms with van der Waals surface area (Å²) in [5, 5.41) is 15.2. The highest BCUT2D eigenvalue weighted by Gasteiger charge is 2.22. The summed E-state index contributed by atoms with van der Waals surface area (Å²) in [5.41, 5.74) is -0.763. The largest absolute Gasteiger partial charge is 0.296 e. The van der Waals surface area contributed by atoms with Gasteiger partial charge in [-0.15, -0.1) is 10.2 Å². The van der Waals surface area contributed by atoms with Gasteiger partial charge in [-0.25, -0.2) is 13.8 Å². The molecule has 4 aromatic heterocycles. The lowest BCUT2D eigenvalue weighted by atomic mass is 10.0. The van der Waals surface area contributed by atoms with Gasteiger partial charge < -0.3 is 0 Å². The first kappa shape index (κ1) is 23.7. The van der Waals surface area contributed by atoms with Crippen LogP contribution in [0.1, 0.15) is 40.3 Å². The van der Waals surface area contributed by atoms with Gasteiger partial charge in [0.2, 0.25) is 5.13 Å². The molecular weight excluding hydrogens is 512 g/mol. The van der Waals surface area contributed by atoms with Gasteiger partial charge in [-0.3, -0.25) is 19.9 Å². The highest BCUT2D eigenvalue weighted by atomic mass is 35.5. The first-order valence-electron chi connectivity index (χ1n) is 10.5. The summed E-state index contributed by atoms with van der Waals surface area (Å²) in [7, 11) is 0. The average Bonchev–Trinajstić information content (AvgIpc) is 3.60. The molecule has 1 amide bonds. The fourth-order valence-corrected chi connectivity index (χ4v) is 3.96. The predicted molar refractivity (Wildman–Crippen MR) is 128 cm³/mol. The number of carbonyl (C=O) groups is 1. The molecule has 0 radical (unpaired) electrons. The van der Waals surface area contributed by atoms with Gasteiger partial charge in [0, 0.05) is 41.7 Å². The molecule has 180 valence electrons. The molecule has 9 nitrogen and oxygen atoms in total. The van der Waals surface area contributed by atoms with Crippen molar-refractivity contribution >= 4 is 34.0 Å². The Kier molecular flexibility index (Phi) is 6.49. The number of nitrogens with zero attached hydrogens (tertiary/aromatic N) is 6. The van der Waals surface area contributed by atoms with Gasteiger partial charge >= 0.3 is 0 Å². The summed E-state index contributed by atoms with van der Waals surface area (Å²) in [6.45, 7) is 0. The average molecular weight is 526 g/mol. The number of nitrogens with one attached hydrogen (secondary N) is 1. The minimum Gasteiger partial charge on any atom is -0.296 e. The zero-order chi connectivity index (χ0) is 25.2. The maximum atomic E-state index is 13.4. The van der Waals surface area contributed by atoms with Crippen molar-refractivity contribution in [3.05, 3.63) is 74.5 Å². The van der Waals surface area contributed by atoms with Gasteiger partial charge in [0.05, 0.1) is 10.6 Å². The fourth-order valence-electron chi connectivity index (χ4n) is 3.15. The Labute approximate surface area is 211 Å². The molecule has 5 rings (SSSR count). The molecule has 4 heterocycles. The third-order valence-electron chi connectivity index (χ3n) is 5.06. The second kappa shape index (κ2) is 9.88. The van der Waals surface area contributed by atoms with E-state index in [-0.39, 0.29) is 32.7 Å². The number of rotatable bonds is 5.